The van der Waals surface area contributed by atoms with E-state index in [1.165, 1.54) is 36.0 Å². The van der Waals surface area contributed by atoms with Crippen LogP contribution in [0.2, 0.25) is 0 Å². The molecule has 2 aromatic carbocycles. The molecule has 8 nitrogen and oxygen atoms in total. The average Bonchev–Trinajstić information content (AvgIpc) is 3.49. The van der Waals surface area contributed by atoms with E-state index in [2.05, 4.69) is 10.4 Å². The number of pyridine rings is 1. The predicted octanol–water partition coefficient (Wildman–Crippen LogP) is 7.10. The molecule has 0 bridgehead atoms. The summed E-state index contributed by atoms with van der Waals surface area (Å²) in [6.45, 7) is 8.41. The van der Waals surface area contributed by atoms with Gasteiger partial charge in [0.05, 0.1) is 18.0 Å². The maximum Gasteiger partial charge on any atom is 0.416 e. The Balaban J connectivity index is 1.79. The summed E-state index contributed by atoms with van der Waals surface area (Å²) < 4.78 is 74.2. The number of aliphatic carboxylic acids is 1. The van der Waals surface area contributed by atoms with Gasteiger partial charge in [-0.25, -0.2) is 8.78 Å². The molecule has 13 heteroatoms. The van der Waals surface area contributed by atoms with Gasteiger partial charge in [-0.1, -0.05) is 13.8 Å². The van der Waals surface area contributed by atoms with Crippen LogP contribution in [-0.2, 0) is 28.7 Å². The largest absolute Gasteiger partial charge is 0.481 e. The summed E-state index contributed by atoms with van der Waals surface area (Å²) in [4.78, 5) is 39.2. The normalized spacial score (nSPS) is 13.1. The Bertz CT molecular complexity index is 1840. The topological polar surface area (TPSA) is 106 Å². The lowest BCUT2D eigenvalue weighted by Crippen LogP contribution is -2.41. The zero-order valence-corrected chi connectivity index (χ0v) is 27.2. The van der Waals surface area contributed by atoms with Crippen molar-refractivity contribution < 1.29 is 36.6 Å². The van der Waals surface area contributed by atoms with Gasteiger partial charge in [-0.3, -0.25) is 19.1 Å². The Morgan fingerprint density at radius 3 is 2.23 bits per heavy atom. The highest BCUT2D eigenvalue weighted by molar-refractivity contribution is 5.82. The standard InChI is InChI=1S/C35H37F5N4O4/c1-19(2)11-29(44-18-23(7-10-43-9-6-8-41-43)27(16-30(44)45)35(38,39)40)34(48)42-28(17-31(46)47)26-15-24(12-22(5)33(26)37)32-20(3)13-25(36)14-21(32)4/h6,8-9,12-16,18-19,28-29H,7,10-11,17H2,1-5H3,(H,42,48)(H,46,47)/t28-,29-/m1/s1. The molecule has 0 aliphatic heterocycles. The van der Waals surface area contributed by atoms with Crippen LogP contribution >= 0.6 is 0 Å². The van der Waals surface area contributed by atoms with Gasteiger partial charge in [-0.2, -0.15) is 18.3 Å². The summed E-state index contributed by atoms with van der Waals surface area (Å²) in [6.07, 6.45) is -1.67. The number of hydrogen-bond acceptors (Lipinski definition) is 4. The summed E-state index contributed by atoms with van der Waals surface area (Å²) in [6, 6.07) is 4.87. The fourth-order valence-corrected chi connectivity index (χ4v) is 6.00. The quantitative estimate of drug-likeness (QED) is 0.156. The molecule has 4 aromatic rings. The van der Waals surface area contributed by atoms with E-state index in [9.17, 15) is 37.1 Å². The smallest absolute Gasteiger partial charge is 0.416 e. The molecule has 4 rings (SSSR count). The number of nitrogens with one attached hydrogen (secondary N) is 1. The van der Waals surface area contributed by atoms with Crippen molar-refractivity contribution in [2.24, 2.45) is 5.92 Å². The summed E-state index contributed by atoms with van der Waals surface area (Å²) >= 11 is 0. The van der Waals surface area contributed by atoms with Gasteiger partial charge in [0.1, 0.15) is 17.7 Å². The number of alkyl halides is 3. The molecular formula is C35H37F5N4O4. The molecule has 2 aromatic heterocycles. The Morgan fingerprint density at radius 2 is 1.67 bits per heavy atom. The van der Waals surface area contributed by atoms with Gasteiger partial charge >= 0.3 is 12.1 Å². The van der Waals surface area contributed by atoms with Gasteiger partial charge in [-0.05, 0) is 103 Å². The lowest BCUT2D eigenvalue weighted by Gasteiger charge is -2.27. The van der Waals surface area contributed by atoms with Gasteiger partial charge in [0.2, 0.25) is 5.91 Å². The first-order valence-corrected chi connectivity index (χ1v) is 15.3. The molecular weight excluding hydrogens is 635 g/mol. The summed E-state index contributed by atoms with van der Waals surface area (Å²) in [7, 11) is 0. The highest BCUT2D eigenvalue weighted by atomic mass is 19.4. The molecule has 2 heterocycles. The minimum Gasteiger partial charge on any atom is -0.481 e. The molecule has 0 unspecified atom stereocenters. The SMILES string of the molecule is Cc1cc(-c2c(C)cc(F)cc2C)cc([C@@H](CC(=O)O)NC(=O)[C@@H](CC(C)C)n2cc(CCn3cccn3)c(C(F)(F)F)cc2=O)c1F. The van der Waals surface area contributed by atoms with E-state index in [1.54, 1.807) is 46.0 Å². The van der Waals surface area contributed by atoms with Crippen LogP contribution in [0.1, 0.15) is 72.2 Å². The molecule has 256 valence electrons. The van der Waals surface area contributed by atoms with E-state index in [0.717, 1.165) is 10.8 Å². The third-order valence-electron chi connectivity index (χ3n) is 8.11. The van der Waals surface area contributed by atoms with E-state index >= 15 is 4.39 Å². The molecule has 0 spiro atoms. The zero-order valence-electron chi connectivity index (χ0n) is 27.2. The van der Waals surface area contributed by atoms with E-state index in [-0.39, 0.29) is 42.0 Å². The maximum atomic E-state index is 15.7. The number of hydrogen-bond donors (Lipinski definition) is 2. The minimum absolute atomic E-state index is 0.00497. The molecule has 0 radical (unpaired) electrons. The number of carbonyl (C=O) groups is 2. The zero-order chi connectivity index (χ0) is 35.5. The van der Waals surface area contributed by atoms with Gasteiger partial charge < -0.3 is 15.0 Å². The fraction of sp³-hybridized carbons (Fsp3) is 0.371. The van der Waals surface area contributed by atoms with Crippen molar-refractivity contribution >= 4 is 11.9 Å². The summed E-state index contributed by atoms with van der Waals surface area (Å²) in [5, 5.41) is 16.4. The molecule has 0 saturated heterocycles. The first kappa shape index (κ1) is 36.0. The molecule has 48 heavy (non-hydrogen) atoms. The maximum absolute atomic E-state index is 15.7. The van der Waals surface area contributed by atoms with E-state index in [0.29, 0.717) is 28.3 Å². The number of rotatable bonds is 12. The number of carbonyl (C=O) groups excluding carboxylic acids is 1. The van der Waals surface area contributed by atoms with Crippen LogP contribution in [0.25, 0.3) is 11.1 Å². The number of halogens is 5. The molecule has 1 amide bonds. The predicted molar refractivity (Wildman–Crippen MR) is 169 cm³/mol. The lowest BCUT2D eigenvalue weighted by atomic mass is 9.90. The number of carboxylic acids is 1. The van der Waals surface area contributed by atoms with E-state index in [4.69, 9.17) is 0 Å². The second-order valence-electron chi connectivity index (χ2n) is 12.4. The Morgan fingerprint density at radius 1 is 1.00 bits per heavy atom. The molecule has 2 atom stereocenters. The third kappa shape index (κ3) is 8.36. The highest BCUT2D eigenvalue weighted by Crippen LogP contribution is 2.35. The Kier molecular flexibility index (Phi) is 10.9. The molecule has 0 aliphatic carbocycles. The number of nitrogens with zero attached hydrogens (tertiary/aromatic N) is 3. The van der Waals surface area contributed by atoms with Crippen LogP contribution in [0.4, 0.5) is 22.0 Å². The average molecular weight is 673 g/mol. The highest BCUT2D eigenvalue weighted by Gasteiger charge is 2.36. The second-order valence-corrected chi connectivity index (χ2v) is 12.4. The monoisotopic (exact) mass is 672 g/mol. The number of carboxylic acid groups (broad SMARTS) is 1. The minimum atomic E-state index is -4.85. The van der Waals surface area contributed by atoms with Crippen LogP contribution in [0, 0.1) is 38.3 Å². The van der Waals surface area contributed by atoms with Gasteiger partial charge in [0.15, 0.2) is 0 Å². The fourth-order valence-electron chi connectivity index (χ4n) is 6.00. The lowest BCUT2D eigenvalue weighted by molar-refractivity contribution is -0.139. The van der Waals surface area contributed by atoms with Crippen LogP contribution in [-0.4, -0.2) is 31.3 Å². The van der Waals surface area contributed by atoms with Gasteiger partial charge in [0, 0.05) is 36.8 Å². The van der Waals surface area contributed by atoms with E-state index in [1.807, 2.05) is 0 Å². The Labute approximate surface area is 274 Å². The van der Waals surface area contributed by atoms with E-state index < -0.39 is 59.3 Å². The van der Waals surface area contributed by atoms with Crippen molar-refractivity contribution in [3.05, 3.63) is 110 Å². The van der Waals surface area contributed by atoms with Crippen molar-refractivity contribution in [3.8, 4) is 11.1 Å². The number of benzene rings is 2. The van der Waals surface area contributed by atoms with Crippen molar-refractivity contribution in [2.75, 3.05) is 0 Å². The summed E-state index contributed by atoms with van der Waals surface area (Å²) in [5.74, 6) is -3.68. The van der Waals surface area contributed by atoms with Crippen LogP contribution in [0.3, 0.4) is 0 Å². The van der Waals surface area contributed by atoms with Crippen molar-refractivity contribution in [3.63, 3.8) is 0 Å². The van der Waals surface area contributed by atoms with Crippen LogP contribution in [0.15, 0.2) is 59.8 Å². The first-order valence-electron chi connectivity index (χ1n) is 15.3. The van der Waals surface area contributed by atoms with Crippen LogP contribution in [0.5, 0.6) is 0 Å². The van der Waals surface area contributed by atoms with Gasteiger partial charge in [-0.15, -0.1) is 0 Å². The molecule has 2 N–H and O–H groups in total. The Hall–Kier alpha value is -4.81. The number of aryl methyl sites for hydroxylation is 5. The summed E-state index contributed by atoms with van der Waals surface area (Å²) in [5.41, 5.74) is -0.241. The van der Waals surface area contributed by atoms with Crippen molar-refractivity contribution in [1.29, 1.82) is 0 Å². The van der Waals surface area contributed by atoms with Gasteiger partial charge in [0.25, 0.3) is 5.56 Å². The van der Waals surface area contributed by atoms with Crippen molar-refractivity contribution in [2.45, 2.75) is 78.7 Å². The first-order chi connectivity index (χ1) is 22.5. The second kappa shape index (κ2) is 14.5. The van der Waals surface area contributed by atoms with Crippen molar-refractivity contribution in [1.82, 2.24) is 19.7 Å². The third-order valence-corrected chi connectivity index (χ3v) is 8.11. The number of amides is 1. The van der Waals surface area contributed by atoms with Crippen LogP contribution < -0.4 is 10.9 Å². The number of aromatic nitrogens is 3. The molecule has 0 fully saturated rings. The molecule has 0 saturated carbocycles. The molecule has 0 aliphatic rings.